The summed E-state index contributed by atoms with van der Waals surface area (Å²) >= 11 is 0. The highest BCUT2D eigenvalue weighted by atomic mass is 16.5. The van der Waals surface area contributed by atoms with Gasteiger partial charge in [-0.25, -0.2) is 9.59 Å². The molecule has 0 spiro atoms. The fraction of sp³-hybridized carbons (Fsp3) is 0.154. The first kappa shape index (κ1) is 22.7. The van der Waals surface area contributed by atoms with Crippen molar-refractivity contribution in [1.29, 1.82) is 0 Å². The lowest BCUT2D eigenvalue weighted by atomic mass is 10.0. The molecule has 0 N–H and O–H groups in total. The predicted molar refractivity (Wildman–Crippen MR) is 126 cm³/mol. The molecule has 0 saturated heterocycles. The van der Waals surface area contributed by atoms with Crippen LogP contribution >= 0.6 is 0 Å². The molecule has 0 bridgehead atoms. The molecule has 4 aromatic rings. The highest BCUT2D eigenvalue weighted by Crippen LogP contribution is 2.34. The number of esters is 1. The van der Waals surface area contributed by atoms with E-state index in [0.717, 1.165) is 0 Å². The Hall–Kier alpha value is -4.46. The van der Waals surface area contributed by atoms with Crippen molar-refractivity contribution in [3.05, 3.63) is 76.6 Å². The number of ether oxygens (including phenoxy) is 5. The second kappa shape index (κ2) is 9.58. The second-order valence-electron chi connectivity index (χ2n) is 7.17. The number of rotatable bonds is 7. The summed E-state index contributed by atoms with van der Waals surface area (Å²) in [7, 11) is 6.05. The molecule has 0 unspecified atom stereocenters. The van der Waals surface area contributed by atoms with Crippen molar-refractivity contribution in [2.75, 3.05) is 28.4 Å². The summed E-state index contributed by atoms with van der Waals surface area (Å²) in [4.78, 5) is 25.4. The van der Waals surface area contributed by atoms with Crippen molar-refractivity contribution in [3.63, 3.8) is 0 Å². The van der Waals surface area contributed by atoms with Crippen LogP contribution in [0, 0.1) is 0 Å². The fourth-order valence-electron chi connectivity index (χ4n) is 3.50. The van der Waals surface area contributed by atoms with E-state index in [-0.39, 0.29) is 16.9 Å². The Labute approximate surface area is 195 Å². The van der Waals surface area contributed by atoms with Crippen LogP contribution in [0.25, 0.3) is 22.1 Å². The molecule has 0 aliphatic heterocycles. The monoisotopic (exact) mass is 462 g/mol. The van der Waals surface area contributed by atoms with Gasteiger partial charge in [-0.15, -0.1) is 0 Å². The van der Waals surface area contributed by atoms with Gasteiger partial charge in [0, 0.05) is 17.0 Å². The van der Waals surface area contributed by atoms with Crippen LogP contribution in [-0.4, -0.2) is 34.4 Å². The van der Waals surface area contributed by atoms with E-state index in [1.54, 1.807) is 55.6 Å². The van der Waals surface area contributed by atoms with E-state index in [4.69, 9.17) is 28.1 Å². The van der Waals surface area contributed by atoms with E-state index in [1.165, 1.54) is 33.5 Å². The first-order chi connectivity index (χ1) is 16.5. The SMILES string of the molecule is COc1ccc(OC)c(-c2cc3ccc(OC(=O)c4ccc(OC)c(OC)c4)cc3oc2=O)c1. The molecule has 0 saturated carbocycles. The Balaban J connectivity index is 1.66. The molecule has 3 aromatic carbocycles. The molecule has 0 fully saturated rings. The molecule has 0 amide bonds. The van der Waals surface area contributed by atoms with Crippen LogP contribution in [0.5, 0.6) is 28.7 Å². The average Bonchev–Trinajstić information content (AvgIpc) is 2.87. The molecule has 0 aliphatic carbocycles. The second-order valence-corrected chi connectivity index (χ2v) is 7.17. The summed E-state index contributed by atoms with van der Waals surface area (Å²) in [5.41, 5.74) is 0.843. The Kier molecular flexibility index (Phi) is 6.40. The average molecular weight is 462 g/mol. The number of carbonyl (C=O) groups is 1. The molecule has 1 aromatic heterocycles. The number of benzene rings is 3. The van der Waals surface area contributed by atoms with Crippen LogP contribution in [0.15, 0.2) is 69.9 Å². The summed E-state index contributed by atoms with van der Waals surface area (Å²) in [6.45, 7) is 0. The molecule has 1 heterocycles. The van der Waals surface area contributed by atoms with Gasteiger partial charge in [0.05, 0.1) is 39.6 Å². The van der Waals surface area contributed by atoms with Crippen molar-refractivity contribution in [2.45, 2.75) is 0 Å². The van der Waals surface area contributed by atoms with Gasteiger partial charge in [-0.1, -0.05) is 0 Å². The standard InChI is InChI=1S/C26H22O8/c1-29-17-8-10-21(30-2)19(13-17)20-11-15-5-7-18(14-23(15)34-26(20)28)33-25(27)16-6-9-22(31-3)24(12-16)32-4/h5-14H,1-4H3. The van der Waals surface area contributed by atoms with Gasteiger partial charge in [0.25, 0.3) is 0 Å². The van der Waals surface area contributed by atoms with E-state index in [1.807, 2.05) is 0 Å². The number of carbonyl (C=O) groups excluding carboxylic acids is 1. The van der Waals surface area contributed by atoms with Crippen molar-refractivity contribution < 1.29 is 32.9 Å². The van der Waals surface area contributed by atoms with Gasteiger partial charge < -0.3 is 28.1 Å². The minimum atomic E-state index is -0.597. The van der Waals surface area contributed by atoms with Gasteiger partial charge in [-0.3, -0.25) is 0 Å². The van der Waals surface area contributed by atoms with Crippen LogP contribution in [-0.2, 0) is 0 Å². The Morgan fingerprint density at radius 2 is 1.38 bits per heavy atom. The Morgan fingerprint density at radius 1 is 0.676 bits per heavy atom. The third-order valence-electron chi connectivity index (χ3n) is 5.23. The van der Waals surface area contributed by atoms with E-state index < -0.39 is 11.6 Å². The van der Waals surface area contributed by atoms with Gasteiger partial charge in [0.1, 0.15) is 22.8 Å². The smallest absolute Gasteiger partial charge is 0.344 e. The van der Waals surface area contributed by atoms with Crippen molar-refractivity contribution in [3.8, 4) is 39.9 Å². The highest BCUT2D eigenvalue weighted by molar-refractivity contribution is 5.92. The van der Waals surface area contributed by atoms with Crippen molar-refractivity contribution in [2.24, 2.45) is 0 Å². The van der Waals surface area contributed by atoms with Crippen LogP contribution in [0.3, 0.4) is 0 Å². The van der Waals surface area contributed by atoms with Gasteiger partial charge in [0.2, 0.25) is 0 Å². The number of methoxy groups -OCH3 is 4. The van der Waals surface area contributed by atoms with Crippen molar-refractivity contribution in [1.82, 2.24) is 0 Å². The third kappa shape index (κ3) is 4.38. The lowest BCUT2D eigenvalue weighted by molar-refractivity contribution is 0.0734. The maximum absolute atomic E-state index is 12.8. The summed E-state index contributed by atoms with van der Waals surface area (Å²) in [6.07, 6.45) is 0. The van der Waals surface area contributed by atoms with Gasteiger partial charge in [0.15, 0.2) is 11.5 Å². The zero-order valence-corrected chi connectivity index (χ0v) is 19.0. The summed E-state index contributed by atoms with van der Waals surface area (Å²) in [6, 6.07) is 16.4. The Morgan fingerprint density at radius 3 is 2.09 bits per heavy atom. The topological polar surface area (TPSA) is 93.4 Å². The number of fused-ring (bicyclic) bond motifs is 1. The van der Waals surface area contributed by atoms with E-state index in [9.17, 15) is 9.59 Å². The Bertz CT molecular complexity index is 1420. The predicted octanol–water partition coefficient (Wildman–Crippen LogP) is 4.71. The molecular formula is C26H22O8. The molecule has 8 heteroatoms. The fourth-order valence-corrected chi connectivity index (χ4v) is 3.50. The summed E-state index contributed by atoms with van der Waals surface area (Å²) in [5.74, 6) is 1.61. The molecular weight excluding hydrogens is 440 g/mol. The summed E-state index contributed by atoms with van der Waals surface area (Å²) in [5, 5.41) is 0.644. The van der Waals surface area contributed by atoms with E-state index in [0.29, 0.717) is 39.5 Å². The lowest BCUT2D eigenvalue weighted by Crippen LogP contribution is -2.09. The molecule has 8 nitrogen and oxygen atoms in total. The molecule has 174 valence electrons. The first-order valence-corrected chi connectivity index (χ1v) is 10.2. The molecule has 0 aliphatic rings. The van der Waals surface area contributed by atoms with E-state index >= 15 is 0 Å². The minimum Gasteiger partial charge on any atom is -0.497 e. The maximum Gasteiger partial charge on any atom is 0.344 e. The van der Waals surface area contributed by atoms with Crippen LogP contribution in [0.1, 0.15) is 10.4 Å². The largest absolute Gasteiger partial charge is 0.497 e. The van der Waals surface area contributed by atoms with Crippen molar-refractivity contribution >= 4 is 16.9 Å². The highest BCUT2D eigenvalue weighted by Gasteiger charge is 2.16. The number of hydrogen-bond donors (Lipinski definition) is 0. The van der Waals surface area contributed by atoms with Crippen LogP contribution < -0.4 is 29.3 Å². The maximum atomic E-state index is 12.8. The normalized spacial score (nSPS) is 10.6. The van der Waals surface area contributed by atoms with Gasteiger partial charge >= 0.3 is 11.6 Å². The third-order valence-corrected chi connectivity index (χ3v) is 5.23. The zero-order valence-electron chi connectivity index (χ0n) is 19.0. The summed E-state index contributed by atoms with van der Waals surface area (Å²) < 4.78 is 32.1. The molecule has 0 radical (unpaired) electrons. The minimum absolute atomic E-state index is 0.224. The van der Waals surface area contributed by atoms with E-state index in [2.05, 4.69) is 0 Å². The zero-order chi connectivity index (χ0) is 24.2. The van der Waals surface area contributed by atoms with Gasteiger partial charge in [-0.2, -0.15) is 0 Å². The molecule has 34 heavy (non-hydrogen) atoms. The van der Waals surface area contributed by atoms with Crippen LogP contribution in [0.4, 0.5) is 0 Å². The van der Waals surface area contributed by atoms with Crippen LogP contribution in [0.2, 0.25) is 0 Å². The number of hydrogen-bond acceptors (Lipinski definition) is 8. The molecule has 0 atom stereocenters. The molecule has 4 rings (SSSR count). The lowest BCUT2D eigenvalue weighted by Gasteiger charge is -2.11. The quantitative estimate of drug-likeness (QED) is 0.221. The van der Waals surface area contributed by atoms with Gasteiger partial charge in [-0.05, 0) is 54.6 Å². The first-order valence-electron chi connectivity index (χ1n) is 10.2.